The molecule has 0 bridgehead atoms. The Morgan fingerprint density at radius 1 is 1.32 bits per heavy atom. The molecule has 0 heterocycles. The van der Waals surface area contributed by atoms with E-state index in [1.54, 1.807) is 12.1 Å². The lowest BCUT2D eigenvalue weighted by atomic mass is 10.0. The van der Waals surface area contributed by atoms with Crippen LogP contribution in [-0.2, 0) is 6.54 Å². The van der Waals surface area contributed by atoms with Gasteiger partial charge in [-0.05, 0) is 24.3 Å². The van der Waals surface area contributed by atoms with Crippen molar-refractivity contribution in [3.8, 4) is 0 Å². The number of nitrogens with zero attached hydrogens (tertiary/aromatic N) is 1. The highest BCUT2D eigenvalue weighted by atomic mass is 16.6. The molecule has 1 aliphatic carbocycles. The molecule has 1 saturated carbocycles. The molecule has 0 aliphatic heterocycles. The van der Waals surface area contributed by atoms with E-state index in [1.165, 1.54) is 25.0 Å². The van der Waals surface area contributed by atoms with Crippen LogP contribution in [0.15, 0.2) is 24.3 Å². The summed E-state index contributed by atoms with van der Waals surface area (Å²) in [6.45, 7) is 1.21. The van der Waals surface area contributed by atoms with Gasteiger partial charge in [0, 0.05) is 25.2 Å². The van der Waals surface area contributed by atoms with Gasteiger partial charge in [-0.15, -0.1) is 0 Å². The van der Waals surface area contributed by atoms with Crippen LogP contribution in [-0.4, -0.2) is 22.7 Å². The monoisotopic (exact) mass is 264 g/mol. The van der Waals surface area contributed by atoms with Gasteiger partial charge in [0.1, 0.15) is 0 Å². The second-order valence-electron chi connectivity index (χ2n) is 5.17. The molecule has 19 heavy (non-hydrogen) atoms. The zero-order valence-corrected chi connectivity index (χ0v) is 10.9. The first-order valence-corrected chi connectivity index (χ1v) is 6.79. The predicted octanol–water partition coefficient (Wildman–Crippen LogP) is 2.24. The Hall–Kier alpha value is -1.46. The maximum Gasteiger partial charge on any atom is 0.269 e. The Kier molecular flexibility index (Phi) is 4.87. The van der Waals surface area contributed by atoms with Crippen LogP contribution in [0.4, 0.5) is 5.69 Å². The number of rotatable bonds is 6. The fourth-order valence-electron chi connectivity index (χ4n) is 2.61. The van der Waals surface area contributed by atoms with Crippen LogP contribution < -0.4 is 5.32 Å². The van der Waals surface area contributed by atoms with Crippen LogP contribution in [0.25, 0.3) is 0 Å². The molecule has 1 aromatic rings. The lowest BCUT2D eigenvalue weighted by molar-refractivity contribution is -0.384. The Labute approximate surface area is 112 Å². The van der Waals surface area contributed by atoms with Gasteiger partial charge in [0.05, 0.1) is 11.0 Å². The van der Waals surface area contributed by atoms with Gasteiger partial charge in [0.25, 0.3) is 5.69 Å². The third kappa shape index (κ3) is 4.01. The molecular weight excluding hydrogens is 244 g/mol. The fraction of sp³-hybridized carbons (Fsp3) is 0.571. The van der Waals surface area contributed by atoms with E-state index in [2.05, 4.69) is 5.32 Å². The first-order valence-electron chi connectivity index (χ1n) is 6.79. The van der Waals surface area contributed by atoms with E-state index in [9.17, 15) is 15.2 Å². The number of non-ortho nitro benzene ring substituents is 1. The summed E-state index contributed by atoms with van der Waals surface area (Å²) in [5, 5.41) is 23.7. The first kappa shape index (κ1) is 14.0. The van der Waals surface area contributed by atoms with E-state index in [1.807, 2.05) is 0 Å². The largest absolute Gasteiger partial charge is 0.392 e. The molecular formula is C14H20N2O3. The predicted molar refractivity (Wildman–Crippen MR) is 72.8 cm³/mol. The van der Waals surface area contributed by atoms with Crippen molar-refractivity contribution in [1.82, 2.24) is 5.32 Å². The molecule has 5 nitrogen and oxygen atoms in total. The number of hydrogen-bond acceptors (Lipinski definition) is 4. The fourth-order valence-corrected chi connectivity index (χ4v) is 2.61. The topological polar surface area (TPSA) is 75.4 Å². The van der Waals surface area contributed by atoms with Crippen molar-refractivity contribution in [2.24, 2.45) is 5.92 Å². The van der Waals surface area contributed by atoms with Crippen molar-refractivity contribution < 1.29 is 10.0 Å². The number of aliphatic hydroxyl groups is 1. The van der Waals surface area contributed by atoms with Crippen LogP contribution in [0.1, 0.15) is 31.2 Å². The average Bonchev–Trinajstić information content (AvgIpc) is 2.93. The quantitative estimate of drug-likeness (QED) is 0.610. The van der Waals surface area contributed by atoms with E-state index >= 15 is 0 Å². The average molecular weight is 264 g/mol. The summed E-state index contributed by atoms with van der Waals surface area (Å²) in [4.78, 5) is 10.1. The van der Waals surface area contributed by atoms with Crippen LogP contribution in [0, 0.1) is 16.0 Å². The number of hydrogen-bond donors (Lipinski definition) is 2. The van der Waals surface area contributed by atoms with Gasteiger partial charge >= 0.3 is 0 Å². The summed E-state index contributed by atoms with van der Waals surface area (Å²) in [6.07, 6.45) is 4.43. The molecule has 2 rings (SSSR count). The van der Waals surface area contributed by atoms with Gasteiger partial charge in [0.15, 0.2) is 0 Å². The minimum Gasteiger partial charge on any atom is -0.392 e. The van der Waals surface area contributed by atoms with Crippen molar-refractivity contribution in [3.63, 3.8) is 0 Å². The molecule has 0 aromatic heterocycles. The summed E-state index contributed by atoms with van der Waals surface area (Å²) in [7, 11) is 0. The molecule has 104 valence electrons. The van der Waals surface area contributed by atoms with Crippen molar-refractivity contribution in [3.05, 3.63) is 39.9 Å². The van der Waals surface area contributed by atoms with E-state index in [0.717, 1.165) is 18.4 Å². The van der Waals surface area contributed by atoms with Crippen molar-refractivity contribution in [2.45, 2.75) is 38.3 Å². The highest BCUT2D eigenvalue weighted by Gasteiger charge is 2.22. The number of nitro groups is 1. The molecule has 1 fully saturated rings. The van der Waals surface area contributed by atoms with E-state index < -0.39 is 4.92 Å². The molecule has 1 unspecified atom stereocenters. The number of nitrogens with one attached hydrogen (secondary N) is 1. The number of nitro benzene ring substituents is 1. The minimum absolute atomic E-state index is 0.106. The lowest BCUT2D eigenvalue weighted by Gasteiger charge is -2.18. The zero-order valence-electron chi connectivity index (χ0n) is 10.9. The van der Waals surface area contributed by atoms with Gasteiger partial charge in [-0.25, -0.2) is 0 Å². The second-order valence-corrected chi connectivity index (χ2v) is 5.17. The highest BCUT2D eigenvalue weighted by molar-refractivity contribution is 5.32. The molecule has 1 aliphatic rings. The minimum atomic E-state index is -0.402. The Balaban J connectivity index is 1.74. The third-order valence-corrected chi connectivity index (χ3v) is 3.77. The summed E-state index contributed by atoms with van der Waals surface area (Å²) in [6, 6.07) is 6.50. The SMILES string of the molecule is O=[N+]([O-])c1ccc(CNCC(O)C2CCCC2)cc1. The molecule has 1 aromatic carbocycles. The zero-order chi connectivity index (χ0) is 13.7. The molecule has 0 amide bonds. The van der Waals surface area contributed by atoms with Crippen molar-refractivity contribution in [2.75, 3.05) is 6.54 Å². The van der Waals surface area contributed by atoms with E-state index in [-0.39, 0.29) is 11.8 Å². The standard InChI is InChI=1S/C14H20N2O3/c17-14(12-3-1-2-4-12)10-15-9-11-5-7-13(8-6-11)16(18)19/h5-8,12,14-15,17H,1-4,9-10H2. The molecule has 2 N–H and O–H groups in total. The summed E-state index contributed by atoms with van der Waals surface area (Å²) >= 11 is 0. The molecule has 0 saturated heterocycles. The van der Waals surface area contributed by atoms with E-state index in [4.69, 9.17) is 0 Å². The summed E-state index contributed by atoms with van der Waals surface area (Å²) in [5.74, 6) is 0.435. The number of aliphatic hydroxyl groups excluding tert-OH is 1. The van der Waals surface area contributed by atoms with Crippen LogP contribution in [0.5, 0.6) is 0 Å². The Bertz CT molecular complexity index is 413. The van der Waals surface area contributed by atoms with Gasteiger partial charge in [0.2, 0.25) is 0 Å². The first-order chi connectivity index (χ1) is 9.16. The normalized spacial score (nSPS) is 17.5. The van der Waals surface area contributed by atoms with Crippen LogP contribution in [0.2, 0.25) is 0 Å². The Morgan fingerprint density at radius 3 is 2.53 bits per heavy atom. The lowest BCUT2D eigenvalue weighted by Crippen LogP contribution is -2.31. The van der Waals surface area contributed by atoms with E-state index in [0.29, 0.717) is 19.0 Å². The van der Waals surface area contributed by atoms with Gasteiger partial charge in [-0.2, -0.15) is 0 Å². The van der Waals surface area contributed by atoms with Crippen molar-refractivity contribution in [1.29, 1.82) is 0 Å². The van der Waals surface area contributed by atoms with Crippen LogP contribution >= 0.6 is 0 Å². The highest BCUT2D eigenvalue weighted by Crippen LogP contribution is 2.27. The summed E-state index contributed by atoms with van der Waals surface area (Å²) < 4.78 is 0. The summed E-state index contributed by atoms with van der Waals surface area (Å²) in [5.41, 5.74) is 1.10. The van der Waals surface area contributed by atoms with Gasteiger partial charge in [-0.3, -0.25) is 10.1 Å². The molecule has 0 spiro atoms. The molecule has 1 atom stereocenters. The Morgan fingerprint density at radius 2 is 1.95 bits per heavy atom. The maximum atomic E-state index is 10.5. The third-order valence-electron chi connectivity index (χ3n) is 3.77. The molecule has 0 radical (unpaired) electrons. The molecule has 5 heteroatoms. The van der Waals surface area contributed by atoms with Crippen molar-refractivity contribution >= 4 is 5.69 Å². The maximum absolute atomic E-state index is 10.5. The number of benzene rings is 1. The second kappa shape index (κ2) is 6.63. The van der Waals surface area contributed by atoms with Gasteiger partial charge in [-0.1, -0.05) is 25.0 Å². The van der Waals surface area contributed by atoms with Crippen LogP contribution in [0.3, 0.4) is 0 Å². The van der Waals surface area contributed by atoms with Gasteiger partial charge < -0.3 is 10.4 Å². The smallest absolute Gasteiger partial charge is 0.269 e.